The number of hydrogen-bond donors (Lipinski definition) is 4. The number of hydrogen-bond acceptors (Lipinski definition) is 6. The highest BCUT2D eigenvalue weighted by atomic mass is 79.9. The maximum absolute atomic E-state index is 11.8. The lowest BCUT2D eigenvalue weighted by molar-refractivity contribution is -0.0509. The van der Waals surface area contributed by atoms with E-state index in [1.165, 1.54) is 10.9 Å². The molecule has 3 heterocycles. The first-order valence-electron chi connectivity index (χ1n) is 5.90. The second-order valence-corrected chi connectivity index (χ2v) is 5.40. The van der Waals surface area contributed by atoms with Gasteiger partial charge in [0.05, 0.1) is 22.8 Å². The largest absolute Gasteiger partial charge is 0.394 e. The molecule has 0 amide bonds. The number of H-pyrrole nitrogens is 1. The topological polar surface area (TPSA) is 121 Å². The Bertz CT molecular complexity index is 699. The lowest BCUT2D eigenvalue weighted by Gasteiger charge is -2.17. The van der Waals surface area contributed by atoms with Crippen molar-refractivity contribution >= 4 is 27.0 Å². The van der Waals surface area contributed by atoms with Gasteiger partial charge >= 0.3 is 0 Å². The number of halogens is 1. The highest BCUT2D eigenvalue weighted by Crippen LogP contribution is 2.33. The van der Waals surface area contributed by atoms with Gasteiger partial charge in [-0.1, -0.05) is 0 Å². The molecule has 0 bridgehead atoms. The van der Waals surface area contributed by atoms with Gasteiger partial charge in [-0.2, -0.15) is 0 Å². The molecule has 0 aliphatic carbocycles. The van der Waals surface area contributed by atoms with Crippen LogP contribution in [0.25, 0.3) is 11.0 Å². The Morgan fingerprint density at radius 3 is 2.85 bits per heavy atom. The van der Waals surface area contributed by atoms with Crippen molar-refractivity contribution in [3.8, 4) is 0 Å². The number of nitrogens with zero attached hydrogens (tertiary/aromatic N) is 2. The molecule has 0 radical (unpaired) electrons. The van der Waals surface area contributed by atoms with Gasteiger partial charge < -0.3 is 29.6 Å². The second-order valence-electron chi connectivity index (χ2n) is 4.54. The van der Waals surface area contributed by atoms with Crippen molar-refractivity contribution < 1.29 is 20.1 Å². The van der Waals surface area contributed by atoms with E-state index in [0.717, 1.165) is 0 Å². The summed E-state index contributed by atoms with van der Waals surface area (Å²) in [6.45, 7) is -0.414. The van der Waals surface area contributed by atoms with E-state index in [9.17, 15) is 15.0 Å². The molecular formula is C11H12BrN3O5. The standard InChI is InChI=1S/C11H12BrN3O5/c12-4-1-15(9-6(4)10(19)14-3-13-9)11-8(18)7(17)5(2-16)20-11/h1,3,5,7-8,11,16-18H,2H2,(H,13,14,19)/t5-,7+,8-,11-/m0/s1. The Balaban J connectivity index is 2.12. The number of rotatable bonds is 2. The Hall–Kier alpha value is -1.26. The zero-order chi connectivity index (χ0) is 14.4. The summed E-state index contributed by atoms with van der Waals surface area (Å²) in [6.07, 6.45) is -1.44. The van der Waals surface area contributed by atoms with E-state index in [4.69, 9.17) is 9.84 Å². The van der Waals surface area contributed by atoms with Crippen LogP contribution in [0.5, 0.6) is 0 Å². The first-order chi connectivity index (χ1) is 9.54. The monoisotopic (exact) mass is 345 g/mol. The van der Waals surface area contributed by atoms with Crippen molar-refractivity contribution in [1.82, 2.24) is 14.5 Å². The molecule has 1 fully saturated rings. The number of nitrogens with one attached hydrogen (secondary N) is 1. The summed E-state index contributed by atoms with van der Waals surface area (Å²) in [5.41, 5.74) is -0.0113. The van der Waals surface area contributed by atoms with E-state index in [2.05, 4.69) is 25.9 Å². The minimum absolute atomic E-state index is 0.315. The van der Waals surface area contributed by atoms with Crippen LogP contribution in [0.3, 0.4) is 0 Å². The van der Waals surface area contributed by atoms with Crippen molar-refractivity contribution in [2.75, 3.05) is 6.61 Å². The molecule has 9 heteroatoms. The van der Waals surface area contributed by atoms with Crippen molar-refractivity contribution in [2.45, 2.75) is 24.5 Å². The summed E-state index contributed by atoms with van der Waals surface area (Å²) >= 11 is 3.25. The normalized spacial score (nSPS) is 30.2. The van der Waals surface area contributed by atoms with Crippen LogP contribution in [0.15, 0.2) is 21.8 Å². The van der Waals surface area contributed by atoms with E-state index in [1.54, 1.807) is 6.20 Å². The third-order valence-corrected chi connectivity index (χ3v) is 3.96. The number of aromatic nitrogens is 3. The summed E-state index contributed by atoms with van der Waals surface area (Å²) in [5.74, 6) is 0. The van der Waals surface area contributed by atoms with E-state index < -0.39 is 31.1 Å². The van der Waals surface area contributed by atoms with Gasteiger partial charge in [-0.05, 0) is 15.9 Å². The molecule has 108 valence electrons. The SMILES string of the molecule is O=c1[nH]cnc2c1c(Br)cn2[C@H]1O[C@@H](CO)[C@@H](O)[C@@H]1O. The molecule has 20 heavy (non-hydrogen) atoms. The van der Waals surface area contributed by atoms with E-state index in [0.29, 0.717) is 15.5 Å². The average Bonchev–Trinajstić information content (AvgIpc) is 2.90. The van der Waals surface area contributed by atoms with Crippen molar-refractivity contribution in [3.05, 3.63) is 27.4 Å². The number of fused-ring (bicyclic) bond motifs is 1. The maximum Gasteiger partial charge on any atom is 0.261 e. The van der Waals surface area contributed by atoms with Crippen LogP contribution < -0.4 is 5.56 Å². The molecule has 3 rings (SSSR count). The van der Waals surface area contributed by atoms with Crippen molar-refractivity contribution in [1.29, 1.82) is 0 Å². The molecule has 2 aromatic rings. The molecule has 0 aromatic carbocycles. The molecule has 1 aliphatic rings. The first-order valence-corrected chi connectivity index (χ1v) is 6.70. The smallest absolute Gasteiger partial charge is 0.261 e. The van der Waals surface area contributed by atoms with Gasteiger partial charge in [0.25, 0.3) is 5.56 Å². The predicted molar refractivity (Wildman–Crippen MR) is 71.1 cm³/mol. The quantitative estimate of drug-likeness (QED) is 0.559. The Morgan fingerprint density at radius 2 is 2.20 bits per heavy atom. The highest BCUT2D eigenvalue weighted by Gasteiger charge is 2.44. The van der Waals surface area contributed by atoms with Gasteiger partial charge in [0.15, 0.2) is 11.9 Å². The molecule has 4 atom stereocenters. The summed E-state index contributed by atoms with van der Waals surface area (Å²) in [7, 11) is 0. The predicted octanol–water partition coefficient (Wildman–Crippen LogP) is -0.901. The molecule has 8 nitrogen and oxygen atoms in total. The lowest BCUT2D eigenvalue weighted by atomic mass is 10.1. The lowest BCUT2D eigenvalue weighted by Crippen LogP contribution is -2.33. The van der Waals surface area contributed by atoms with Gasteiger partial charge in [0.1, 0.15) is 18.3 Å². The Kier molecular flexibility index (Phi) is 3.38. The fourth-order valence-electron chi connectivity index (χ4n) is 2.35. The molecule has 0 spiro atoms. The summed E-state index contributed by atoms with van der Waals surface area (Å²) < 4.78 is 7.38. The van der Waals surface area contributed by atoms with Gasteiger partial charge in [-0.15, -0.1) is 0 Å². The van der Waals surface area contributed by atoms with Crippen molar-refractivity contribution in [2.24, 2.45) is 0 Å². The fourth-order valence-corrected chi connectivity index (χ4v) is 2.93. The van der Waals surface area contributed by atoms with Crippen molar-refractivity contribution in [3.63, 3.8) is 0 Å². The van der Waals surface area contributed by atoms with Gasteiger partial charge in [0.2, 0.25) is 0 Å². The molecule has 1 aliphatic heterocycles. The van der Waals surface area contributed by atoms with Gasteiger partial charge in [-0.3, -0.25) is 4.79 Å². The minimum atomic E-state index is -1.23. The van der Waals surface area contributed by atoms with Crippen LogP contribution in [-0.4, -0.2) is 54.8 Å². The summed E-state index contributed by atoms with van der Waals surface area (Å²) in [6, 6.07) is 0. The molecule has 1 saturated heterocycles. The zero-order valence-electron chi connectivity index (χ0n) is 10.1. The van der Waals surface area contributed by atoms with E-state index in [1.807, 2.05) is 0 Å². The van der Waals surface area contributed by atoms with E-state index in [-0.39, 0.29) is 5.56 Å². The second kappa shape index (κ2) is 4.93. The van der Waals surface area contributed by atoms with Gasteiger partial charge in [0, 0.05) is 6.20 Å². The van der Waals surface area contributed by atoms with Crippen LogP contribution in [0.1, 0.15) is 6.23 Å². The van der Waals surface area contributed by atoms with Crippen LogP contribution in [-0.2, 0) is 4.74 Å². The molecule has 0 saturated carbocycles. The molecule has 0 unspecified atom stereocenters. The number of ether oxygens (including phenoxy) is 1. The number of aromatic amines is 1. The maximum atomic E-state index is 11.8. The van der Waals surface area contributed by atoms with Gasteiger partial charge in [-0.25, -0.2) is 4.98 Å². The third kappa shape index (κ3) is 1.90. The molecular weight excluding hydrogens is 334 g/mol. The first kappa shape index (κ1) is 13.7. The van der Waals surface area contributed by atoms with Crippen LogP contribution >= 0.6 is 15.9 Å². The van der Waals surface area contributed by atoms with Crippen LogP contribution in [0.4, 0.5) is 0 Å². The Morgan fingerprint density at radius 1 is 1.45 bits per heavy atom. The summed E-state index contributed by atoms with van der Waals surface area (Å²) in [5, 5.41) is 29.2. The highest BCUT2D eigenvalue weighted by molar-refractivity contribution is 9.10. The third-order valence-electron chi connectivity index (χ3n) is 3.36. The number of aliphatic hydroxyl groups is 3. The molecule has 4 N–H and O–H groups in total. The molecule has 2 aromatic heterocycles. The van der Waals surface area contributed by atoms with E-state index >= 15 is 0 Å². The summed E-state index contributed by atoms with van der Waals surface area (Å²) in [4.78, 5) is 18.3. The number of aliphatic hydroxyl groups excluding tert-OH is 3. The fraction of sp³-hybridized carbons (Fsp3) is 0.455. The van der Waals surface area contributed by atoms with Crippen LogP contribution in [0, 0.1) is 0 Å². The zero-order valence-corrected chi connectivity index (χ0v) is 11.7. The Labute approximate surface area is 120 Å². The van der Waals surface area contributed by atoms with Crippen LogP contribution in [0.2, 0.25) is 0 Å². The average molecular weight is 346 g/mol. The minimum Gasteiger partial charge on any atom is -0.394 e.